The van der Waals surface area contributed by atoms with Gasteiger partial charge in [0.2, 0.25) is 0 Å². The van der Waals surface area contributed by atoms with Crippen LogP contribution in [0.3, 0.4) is 0 Å². The zero-order chi connectivity index (χ0) is 20.4. The molecule has 142 valence electrons. The van der Waals surface area contributed by atoms with Crippen molar-refractivity contribution in [3.63, 3.8) is 0 Å². The minimum atomic E-state index is -0.447. The molecular formula is C23H14BrClN2O2. The summed E-state index contributed by atoms with van der Waals surface area (Å²) in [5.41, 5.74) is 2.18. The number of nitrogens with one attached hydrogen (secondary N) is 1. The van der Waals surface area contributed by atoms with Crippen LogP contribution in [0.1, 0.15) is 16.1 Å². The van der Waals surface area contributed by atoms with E-state index in [4.69, 9.17) is 11.6 Å². The van der Waals surface area contributed by atoms with E-state index in [1.165, 1.54) is 6.08 Å². The van der Waals surface area contributed by atoms with Crippen LogP contribution < -0.4 is 5.56 Å². The van der Waals surface area contributed by atoms with Crippen molar-refractivity contribution >= 4 is 50.3 Å². The molecule has 2 aromatic heterocycles. The van der Waals surface area contributed by atoms with Crippen molar-refractivity contribution in [1.29, 1.82) is 0 Å². The highest BCUT2D eigenvalue weighted by molar-refractivity contribution is 9.10. The van der Waals surface area contributed by atoms with Crippen molar-refractivity contribution in [2.24, 2.45) is 0 Å². The van der Waals surface area contributed by atoms with Crippen LogP contribution in [0.15, 0.2) is 82.2 Å². The van der Waals surface area contributed by atoms with Gasteiger partial charge in [0, 0.05) is 32.2 Å². The van der Waals surface area contributed by atoms with Gasteiger partial charge in [0.05, 0.1) is 11.3 Å². The summed E-state index contributed by atoms with van der Waals surface area (Å²) >= 11 is 9.53. The fourth-order valence-electron chi connectivity index (χ4n) is 3.14. The number of ketones is 1. The van der Waals surface area contributed by atoms with Crippen molar-refractivity contribution in [2.75, 3.05) is 0 Å². The lowest BCUT2D eigenvalue weighted by Gasteiger charge is -2.11. The number of aromatic nitrogens is 2. The average molecular weight is 466 g/mol. The third kappa shape index (κ3) is 4.06. The second-order valence-corrected chi connectivity index (χ2v) is 7.71. The highest BCUT2D eigenvalue weighted by Gasteiger charge is 2.19. The third-order valence-corrected chi connectivity index (χ3v) is 5.14. The molecular weight excluding hydrogens is 452 g/mol. The summed E-state index contributed by atoms with van der Waals surface area (Å²) in [7, 11) is 0. The number of nitrogens with zero attached hydrogens (tertiary/aromatic N) is 1. The largest absolute Gasteiger partial charge is 0.321 e. The number of pyridine rings is 2. The Morgan fingerprint density at radius 3 is 2.59 bits per heavy atom. The van der Waals surface area contributed by atoms with Gasteiger partial charge in [-0.15, -0.1) is 0 Å². The summed E-state index contributed by atoms with van der Waals surface area (Å²) in [6, 6.07) is 18.1. The molecule has 4 nitrogen and oxygen atoms in total. The van der Waals surface area contributed by atoms with Crippen LogP contribution in [0.2, 0.25) is 5.02 Å². The van der Waals surface area contributed by atoms with Crippen molar-refractivity contribution in [2.45, 2.75) is 0 Å². The number of benzene rings is 2. The number of allylic oxidation sites excluding steroid dienone is 1. The van der Waals surface area contributed by atoms with Gasteiger partial charge >= 0.3 is 0 Å². The van der Waals surface area contributed by atoms with Gasteiger partial charge in [0.1, 0.15) is 0 Å². The first-order valence-corrected chi connectivity index (χ1v) is 9.95. The van der Waals surface area contributed by atoms with E-state index in [9.17, 15) is 9.59 Å². The Morgan fingerprint density at radius 1 is 1.07 bits per heavy atom. The number of hydrogen-bond donors (Lipinski definition) is 1. The lowest BCUT2D eigenvalue weighted by molar-refractivity contribution is 0.104. The minimum Gasteiger partial charge on any atom is -0.321 e. The molecule has 29 heavy (non-hydrogen) atoms. The van der Waals surface area contributed by atoms with Gasteiger partial charge in [-0.2, -0.15) is 0 Å². The third-order valence-electron chi connectivity index (χ3n) is 4.44. The van der Waals surface area contributed by atoms with Gasteiger partial charge < -0.3 is 4.98 Å². The van der Waals surface area contributed by atoms with E-state index in [-0.39, 0.29) is 5.56 Å². The standard InChI is InChI=1S/C23H14BrClN2O2/c24-15-6-8-17(26-13-15)9-11-20(28)22-21(14-4-2-1-3-5-14)18-12-16(25)7-10-19(18)27-23(22)29/h1-13H,(H,27,29)/b11-9+. The SMILES string of the molecule is O=C(/C=C/c1ccc(Br)cn1)c1c(-c2ccccc2)c2cc(Cl)ccc2[nH]c1=O. The molecule has 0 bridgehead atoms. The van der Waals surface area contributed by atoms with Crippen LogP contribution in [0.4, 0.5) is 0 Å². The second-order valence-electron chi connectivity index (χ2n) is 6.36. The Hall–Kier alpha value is -3.02. The Morgan fingerprint density at radius 2 is 1.86 bits per heavy atom. The molecule has 0 fully saturated rings. The van der Waals surface area contributed by atoms with E-state index in [1.807, 2.05) is 36.4 Å². The first-order chi connectivity index (χ1) is 14.0. The van der Waals surface area contributed by atoms with E-state index < -0.39 is 11.3 Å². The summed E-state index contributed by atoms with van der Waals surface area (Å²) in [4.78, 5) is 32.9. The fraction of sp³-hybridized carbons (Fsp3) is 0. The predicted octanol–water partition coefficient (Wildman–Crippen LogP) is 5.90. The maximum Gasteiger partial charge on any atom is 0.260 e. The normalized spacial score (nSPS) is 11.2. The highest BCUT2D eigenvalue weighted by atomic mass is 79.9. The molecule has 0 amide bonds. The topological polar surface area (TPSA) is 62.8 Å². The van der Waals surface area contributed by atoms with Gasteiger partial charge in [0.15, 0.2) is 5.78 Å². The maximum absolute atomic E-state index is 13.1. The van der Waals surface area contributed by atoms with Crippen molar-refractivity contribution in [3.05, 3.63) is 104 Å². The number of carbonyl (C=O) groups excluding carboxylic acids is 1. The van der Waals surface area contributed by atoms with Crippen LogP contribution in [-0.2, 0) is 0 Å². The van der Waals surface area contributed by atoms with Crippen LogP contribution in [0.25, 0.3) is 28.1 Å². The quantitative estimate of drug-likeness (QED) is 0.301. The second kappa shape index (κ2) is 8.15. The first kappa shape index (κ1) is 19.3. The molecule has 0 aliphatic rings. The van der Waals surface area contributed by atoms with E-state index in [0.717, 1.165) is 10.0 Å². The molecule has 0 spiro atoms. The van der Waals surface area contributed by atoms with Crippen LogP contribution in [0.5, 0.6) is 0 Å². The van der Waals surface area contributed by atoms with Gasteiger partial charge in [-0.3, -0.25) is 14.6 Å². The van der Waals surface area contributed by atoms with E-state index in [1.54, 1.807) is 36.5 Å². The number of carbonyl (C=O) groups is 1. The highest BCUT2D eigenvalue weighted by Crippen LogP contribution is 2.31. The molecule has 0 atom stereocenters. The average Bonchev–Trinajstić information content (AvgIpc) is 2.73. The molecule has 1 N–H and O–H groups in total. The molecule has 0 unspecified atom stereocenters. The maximum atomic E-state index is 13.1. The Balaban J connectivity index is 1.91. The van der Waals surface area contributed by atoms with Crippen molar-refractivity contribution in [3.8, 4) is 11.1 Å². The zero-order valence-corrected chi connectivity index (χ0v) is 17.4. The molecule has 0 saturated heterocycles. The minimum absolute atomic E-state index is 0.0688. The van der Waals surface area contributed by atoms with E-state index in [2.05, 4.69) is 25.9 Å². The van der Waals surface area contributed by atoms with Crippen LogP contribution in [0, 0.1) is 0 Å². The van der Waals surface area contributed by atoms with E-state index >= 15 is 0 Å². The number of aromatic amines is 1. The summed E-state index contributed by atoms with van der Waals surface area (Å²) in [6.45, 7) is 0. The smallest absolute Gasteiger partial charge is 0.260 e. The van der Waals surface area contributed by atoms with Crippen molar-refractivity contribution < 1.29 is 4.79 Å². The lowest BCUT2D eigenvalue weighted by Crippen LogP contribution is -2.18. The first-order valence-electron chi connectivity index (χ1n) is 8.78. The number of H-pyrrole nitrogens is 1. The summed E-state index contributed by atoms with van der Waals surface area (Å²) in [5, 5.41) is 1.23. The number of fused-ring (bicyclic) bond motifs is 1. The van der Waals surface area contributed by atoms with Gasteiger partial charge in [-0.1, -0.05) is 41.9 Å². The molecule has 2 heterocycles. The number of hydrogen-bond acceptors (Lipinski definition) is 3. The van der Waals surface area contributed by atoms with E-state index in [0.29, 0.717) is 27.2 Å². The molecule has 6 heteroatoms. The summed E-state index contributed by atoms with van der Waals surface area (Å²) < 4.78 is 0.843. The Kier molecular flexibility index (Phi) is 5.43. The molecule has 0 radical (unpaired) electrons. The summed E-state index contributed by atoms with van der Waals surface area (Å²) in [5.74, 6) is -0.406. The zero-order valence-electron chi connectivity index (χ0n) is 15.0. The van der Waals surface area contributed by atoms with Gasteiger partial charge in [-0.25, -0.2) is 0 Å². The Bertz CT molecular complexity index is 1300. The van der Waals surface area contributed by atoms with Crippen LogP contribution in [-0.4, -0.2) is 15.8 Å². The Labute approximate surface area is 180 Å². The summed E-state index contributed by atoms with van der Waals surface area (Å²) in [6.07, 6.45) is 4.60. The predicted molar refractivity (Wildman–Crippen MR) is 120 cm³/mol. The van der Waals surface area contributed by atoms with Crippen LogP contribution >= 0.6 is 27.5 Å². The van der Waals surface area contributed by atoms with Gasteiger partial charge in [0.25, 0.3) is 5.56 Å². The number of halogens is 2. The molecule has 4 rings (SSSR count). The molecule has 4 aromatic rings. The van der Waals surface area contributed by atoms with Crippen molar-refractivity contribution in [1.82, 2.24) is 9.97 Å². The fourth-order valence-corrected chi connectivity index (χ4v) is 3.54. The molecule has 0 aliphatic heterocycles. The molecule has 2 aromatic carbocycles. The lowest BCUT2D eigenvalue weighted by atomic mass is 9.94. The monoisotopic (exact) mass is 464 g/mol. The molecule has 0 saturated carbocycles. The molecule has 0 aliphatic carbocycles. The number of rotatable bonds is 4. The van der Waals surface area contributed by atoms with Gasteiger partial charge in [-0.05, 0) is 64.0 Å².